The van der Waals surface area contributed by atoms with E-state index < -0.39 is 66.6 Å². The minimum absolute atomic E-state index is 0.0526. The molecule has 0 aromatic heterocycles. The van der Waals surface area contributed by atoms with Crippen molar-refractivity contribution in [3.63, 3.8) is 0 Å². The number of amides is 4. The summed E-state index contributed by atoms with van der Waals surface area (Å²) in [5, 5.41) is 16.5. The number of carboxylic acids is 1. The molecule has 1 rings (SSSR count). The van der Waals surface area contributed by atoms with Crippen molar-refractivity contribution in [2.24, 2.45) is 17.4 Å². The van der Waals surface area contributed by atoms with Crippen LogP contribution in [-0.2, 0) is 30.4 Å². The number of nitrogens with one attached hydrogen (secondary N) is 3. The van der Waals surface area contributed by atoms with Crippen LogP contribution in [0.3, 0.4) is 0 Å². The van der Waals surface area contributed by atoms with E-state index in [0.29, 0.717) is 5.56 Å². The molecule has 4 amide bonds. The normalized spacial score (nSPS) is 13.5. The van der Waals surface area contributed by atoms with E-state index in [1.807, 2.05) is 0 Å². The van der Waals surface area contributed by atoms with Gasteiger partial charge in [0.05, 0.1) is 13.0 Å². The number of aliphatic carboxylic acids is 1. The third-order valence-corrected chi connectivity index (χ3v) is 4.39. The van der Waals surface area contributed by atoms with Crippen molar-refractivity contribution < 1.29 is 29.1 Å². The lowest BCUT2D eigenvalue weighted by Crippen LogP contribution is -2.58. The molecule has 0 aliphatic carbocycles. The predicted octanol–water partition coefficient (Wildman–Crippen LogP) is -1.74. The smallest absolute Gasteiger partial charge is 0.326 e. The zero-order valence-corrected chi connectivity index (χ0v) is 17.5. The van der Waals surface area contributed by atoms with Crippen molar-refractivity contribution in [3.05, 3.63) is 35.9 Å². The van der Waals surface area contributed by atoms with Crippen LogP contribution in [0.1, 0.15) is 25.8 Å². The summed E-state index contributed by atoms with van der Waals surface area (Å²) >= 11 is 0. The van der Waals surface area contributed by atoms with Crippen LogP contribution in [0.15, 0.2) is 30.3 Å². The van der Waals surface area contributed by atoms with Gasteiger partial charge in [-0.1, -0.05) is 44.2 Å². The van der Waals surface area contributed by atoms with E-state index in [2.05, 4.69) is 16.0 Å². The highest BCUT2D eigenvalue weighted by atomic mass is 16.4. The van der Waals surface area contributed by atoms with E-state index in [9.17, 15) is 29.1 Å². The second-order valence-corrected chi connectivity index (χ2v) is 7.31. The zero-order valence-electron chi connectivity index (χ0n) is 17.5. The minimum Gasteiger partial charge on any atom is -0.480 e. The van der Waals surface area contributed by atoms with E-state index in [0.717, 1.165) is 0 Å². The van der Waals surface area contributed by atoms with Gasteiger partial charge in [-0.2, -0.15) is 0 Å². The SMILES string of the molecule is CC(C)C(NC(=O)C(Cc1ccccc1)NC(=O)C(CC(N)=O)NC(=O)CN)C(=O)O. The first-order chi connectivity index (χ1) is 14.5. The number of benzene rings is 1. The number of primary amides is 1. The molecule has 11 heteroatoms. The highest BCUT2D eigenvalue weighted by Crippen LogP contribution is 2.07. The summed E-state index contributed by atoms with van der Waals surface area (Å²) in [7, 11) is 0. The van der Waals surface area contributed by atoms with Crippen molar-refractivity contribution in [1.29, 1.82) is 0 Å². The van der Waals surface area contributed by atoms with Crippen molar-refractivity contribution in [2.45, 2.75) is 44.8 Å². The van der Waals surface area contributed by atoms with E-state index in [-0.39, 0.29) is 6.42 Å². The van der Waals surface area contributed by atoms with Gasteiger partial charge in [0.15, 0.2) is 0 Å². The maximum atomic E-state index is 12.8. The summed E-state index contributed by atoms with van der Waals surface area (Å²) in [6.07, 6.45) is -0.446. The van der Waals surface area contributed by atoms with Crippen LogP contribution in [0.2, 0.25) is 0 Å². The average Bonchev–Trinajstić information content (AvgIpc) is 2.70. The Morgan fingerprint density at radius 2 is 1.52 bits per heavy atom. The molecule has 0 aliphatic rings. The number of hydrogen-bond acceptors (Lipinski definition) is 6. The Hall–Kier alpha value is -3.47. The summed E-state index contributed by atoms with van der Waals surface area (Å²) in [4.78, 5) is 59.9. The Morgan fingerprint density at radius 3 is 2.00 bits per heavy atom. The standard InChI is InChI=1S/C20H29N5O6/c1-11(2)17(20(30)31)25-19(29)13(8-12-6-4-3-5-7-12)24-18(28)14(9-15(22)26)23-16(27)10-21/h3-7,11,13-14,17H,8-10,21H2,1-2H3,(H2,22,26)(H,23,27)(H,24,28)(H,25,29)(H,30,31). The Morgan fingerprint density at radius 1 is 0.935 bits per heavy atom. The average molecular weight is 435 g/mol. The molecular formula is C20H29N5O6. The third kappa shape index (κ3) is 8.83. The summed E-state index contributed by atoms with van der Waals surface area (Å²) < 4.78 is 0. The largest absolute Gasteiger partial charge is 0.480 e. The number of rotatable bonds is 12. The molecule has 0 saturated carbocycles. The van der Waals surface area contributed by atoms with Crippen LogP contribution < -0.4 is 27.4 Å². The highest BCUT2D eigenvalue weighted by Gasteiger charge is 2.31. The van der Waals surface area contributed by atoms with Gasteiger partial charge in [0.25, 0.3) is 0 Å². The van der Waals surface area contributed by atoms with E-state index in [4.69, 9.17) is 11.5 Å². The molecule has 170 valence electrons. The van der Waals surface area contributed by atoms with Gasteiger partial charge in [-0.15, -0.1) is 0 Å². The molecular weight excluding hydrogens is 406 g/mol. The van der Waals surface area contributed by atoms with Crippen molar-refractivity contribution in [3.8, 4) is 0 Å². The Kier molecular flexibility index (Phi) is 10.1. The second kappa shape index (κ2) is 12.3. The van der Waals surface area contributed by atoms with Gasteiger partial charge in [0.1, 0.15) is 18.1 Å². The first-order valence-electron chi connectivity index (χ1n) is 9.70. The van der Waals surface area contributed by atoms with Gasteiger partial charge in [-0.3, -0.25) is 19.2 Å². The van der Waals surface area contributed by atoms with Crippen molar-refractivity contribution in [2.75, 3.05) is 6.54 Å². The monoisotopic (exact) mass is 435 g/mol. The molecule has 3 atom stereocenters. The van der Waals surface area contributed by atoms with Gasteiger partial charge in [-0.25, -0.2) is 4.79 Å². The van der Waals surface area contributed by atoms with Gasteiger partial charge in [0.2, 0.25) is 23.6 Å². The maximum absolute atomic E-state index is 12.8. The van der Waals surface area contributed by atoms with Crippen molar-refractivity contribution >= 4 is 29.6 Å². The number of hydrogen-bond donors (Lipinski definition) is 6. The first kappa shape index (κ1) is 25.6. The molecule has 31 heavy (non-hydrogen) atoms. The fourth-order valence-corrected chi connectivity index (χ4v) is 2.76. The zero-order chi connectivity index (χ0) is 23.6. The van der Waals surface area contributed by atoms with E-state index >= 15 is 0 Å². The quantitative estimate of drug-likeness (QED) is 0.224. The molecule has 0 bridgehead atoms. The molecule has 0 fully saturated rings. The lowest BCUT2D eigenvalue weighted by atomic mass is 10.0. The van der Waals surface area contributed by atoms with Crippen LogP contribution >= 0.6 is 0 Å². The fraction of sp³-hybridized carbons (Fsp3) is 0.450. The van der Waals surface area contributed by atoms with Gasteiger partial charge in [-0.05, 0) is 11.5 Å². The molecule has 0 spiro atoms. The Balaban J connectivity index is 3.09. The molecule has 0 heterocycles. The Labute approximate surface area is 179 Å². The molecule has 0 aliphatic heterocycles. The molecule has 3 unspecified atom stereocenters. The molecule has 8 N–H and O–H groups in total. The van der Waals surface area contributed by atoms with Crippen LogP contribution in [0.5, 0.6) is 0 Å². The summed E-state index contributed by atoms with van der Waals surface area (Å²) in [5.41, 5.74) is 11.1. The Bertz CT molecular complexity index is 799. The van der Waals surface area contributed by atoms with Gasteiger partial charge >= 0.3 is 5.97 Å². The van der Waals surface area contributed by atoms with Crippen LogP contribution in [-0.4, -0.2) is 59.4 Å². The van der Waals surface area contributed by atoms with E-state index in [1.165, 1.54) is 0 Å². The minimum atomic E-state index is -1.33. The number of carbonyl (C=O) groups is 5. The van der Waals surface area contributed by atoms with Gasteiger partial charge in [0, 0.05) is 6.42 Å². The predicted molar refractivity (Wildman–Crippen MR) is 111 cm³/mol. The first-order valence-corrected chi connectivity index (χ1v) is 9.70. The third-order valence-electron chi connectivity index (χ3n) is 4.39. The molecule has 11 nitrogen and oxygen atoms in total. The summed E-state index contributed by atoms with van der Waals surface area (Å²) in [6, 6.07) is 5.08. The lowest BCUT2D eigenvalue weighted by molar-refractivity contribution is -0.143. The lowest BCUT2D eigenvalue weighted by Gasteiger charge is -2.25. The molecule has 0 saturated heterocycles. The highest BCUT2D eigenvalue weighted by molar-refractivity contribution is 5.95. The summed E-state index contributed by atoms with van der Waals surface area (Å²) in [5.74, 6) is -4.69. The maximum Gasteiger partial charge on any atom is 0.326 e. The number of carbonyl (C=O) groups excluding carboxylic acids is 4. The topological polar surface area (TPSA) is 194 Å². The van der Waals surface area contributed by atoms with Crippen LogP contribution in [0.25, 0.3) is 0 Å². The van der Waals surface area contributed by atoms with Crippen LogP contribution in [0, 0.1) is 5.92 Å². The molecule has 0 radical (unpaired) electrons. The second-order valence-electron chi connectivity index (χ2n) is 7.31. The summed E-state index contributed by atoms with van der Waals surface area (Å²) in [6.45, 7) is 2.86. The molecule has 1 aromatic rings. The van der Waals surface area contributed by atoms with Crippen LogP contribution in [0.4, 0.5) is 0 Å². The van der Waals surface area contributed by atoms with Gasteiger partial charge < -0.3 is 32.5 Å². The van der Waals surface area contributed by atoms with E-state index in [1.54, 1.807) is 44.2 Å². The number of carboxylic acid groups (broad SMARTS) is 1. The fourth-order valence-electron chi connectivity index (χ4n) is 2.76. The molecule has 1 aromatic carbocycles. The van der Waals surface area contributed by atoms with Crippen molar-refractivity contribution in [1.82, 2.24) is 16.0 Å². The number of nitrogens with two attached hydrogens (primary N) is 2.